The number of aliphatic hydroxyl groups excluding tert-OH is 1. The molecule has 2 heterocycles. The molecule has 1 aromatic heterocycles. The van der Waals surface area contributed by atoms with E-state index in [1.165, 1.54) is 12.1 Å². The second-order valence-corrected chi connectivity index (χ2v) is 10.7. The molecule has 1 fully saturated rings. The van der Waals surface area contributed by atoms with Gasteiger partial charge in [-0.15, -0.1) is 5.10 Å². The second kappa shape index (κ2) is 10.8. The van der Waals surface area contributed by atoms with Crippen LogP contribution in [-0.2, 0) is 5.75 Å². The molecule has 36 heavy (non-hydrogen) atoms. The quantitative estimate of drug-likeness (QED) is 0.390. The Labute approximate surface area is 222 Å². The van der Waals surface area contributed by atoms with Crippen LogP contribution >= 0.6 is 35.0 Å². The number of thioether (sulfide) groups is 1. The highest BCUT2D eigenvalue weighted by Gasteiger charge is 2.30. The number of ether oxygens (including phenoxy) is 1. The molecule has 0 unspecified atom stereocenters. The molecule has 1 amide bonds. The number of halogens is 3. The molecule has 2 aromatic carbocycles. The summed E-state index contributed by atoms with van der Waals surface area (Å²) in [5, 5.41) is 18.5. The summed E-state index contributed by atoms with van der Waals surface area (Å²) in [5.74, 6) is 1.13. The van der Waals surface area contributed by atoms with E-state index >= 15 is 0 Å². The van der Waals surface area contributed by atoms with E-state index in [9.17, 15) is 14.3 Å². The van der Waals surface area contributed by atoms with Gasteiger partial charge in [0, 0.05) is 16.5 Å². The fourth-order valence-electron chi connectivity index (χ4n) is 4.55. The van der Waals surface area contributed by atoms with Gasteiger partial charge in [-0.1, -0.05) is 48.2 Å². The summed E-state index contributed by atoms with van der Waals surface area (Å²) in [4.78, 5) is 12.8. The maximum Gasteiger partial charge on any atom is 0.414 e. The third-order valence-corrected chi connectivity index (χ3v) is 7.87. The Morgan fingerprint density at radius 2 is 1.94 bits per heavy atom. The summed E-state index contributed by atoms with van der Waals surface area (Å²) in [6, 6.07) is 11.0. The number of amides is 1. The smallest absolute Gasteiger partial charge is 0.391 e. The number of aromatic nitrogens is 2. The van der Waals surface area contributed by atoms with Gasteiger partial charge in [0.1, 0.15) is 5.82 Å². The van der Waals surface area contributed by atoms with E-state index in [4.69, 9.17) is 27.9 Å². The number of carbonyl (C=O) groups is 1. The Balaban J connectivity index is 1.54. The highest BCUT2D eigenvalue weighted by Crippen LogP contribution is 2.41. The summed E-state index contributed by atoms with van der Waals surface area (Å²) in [5.41, 5.74) is 3.88. The molecule has 1 aliphatic carbocycles. The van der Waals surface area contributed by atoms with Crippen LogP contribution in [0.15, 0.2) is 42.5 Å². The van der Waals surface area contributed by atoms with Crippen LogP contribution in [0.5, 0.6) is 5.88 Å². The summed E-state index contributed by atoms with van der Waals surface area (Å²) in [6.45, 7) is 0. The third kappa shape index (κ3) is 5.42. The number of nitrogens with one attached hydrogen (secondary N) is 1. The predicted molar refractivity (Wildman–Crippen MR) is 141 cm³/mol. The number of rotatable bonds is 4. The molecule has 1 aliphatic heterocycles. The van der Waals surface area contributed by atoms with Gasteiger partial charge >= 0.3 is 6.09 Å². The average Bonchev–Trinajstić information content (AvgIpc) is 3.21. The first-order valence-electron chi connectivity index (χ1n) is 11.7. The monoisotopic (exact) mass is 547 g/mol. The second-order valence-electron chi connectivity index (χ2n) is 8.85. The molecule has 188 valence electrons. The number of carbonyl (C=O) groups excluding carboxylic acids is 1. The first-order chi connectivity index (χ1) is 17.4. The van der Waals surface area contributed by atoms with Crippen molar-refractivity contribution in [2.24, 2.45) is 0 Å². The van der Waals surface area contributed by atoms with E-state index in [0.29, 0.717) is 40.1 Å². The third-order valence-electron chi connectivity index (χ3n) is 6.33. The molecule has 10 heteroatoms. The molecule has 0 radical (unpaired) electrons. The van der Waals surface area contributed by atoms with E-state index < -0.39 is 12.2 Å². The molecular weight excluding hydrogens is 524 g/mol. The molecule has 3 aromatic rings. The van der Waals surface area contributed by atoms with E-state index in [2.05, 4.69) is 10.4 Å². The van der Waals surface area contributed by atoms with Crippen molar-refractivity contribution in [3.8, 4) is 11.6 Å². The molecule has 6 nitrogen and oxygen atoms in total. The van der Waals surface area contributed by atoms with Gasteiger partial charge in [-0.05, 0) is 60.4 Å². The van der Waals surface area contributed by atoms with Gasteiger partial charge in [-0.3, -0.25) is 0 Å². The Morgan fingerprint density at radius 3 is 2.69 bits per heavy atom. The highest BCUT2D eigenvalue weighted by atomic mass is 35.5. The van der Waals surface area contributed by atoms with E-state index in [-0.39, 0.29) is 17.7 Å². The van der Waals surface area contributed by atoms with Crippen molar-refractivity contribution in [2.75, 3.05) is 5.75 Å². The van der Waals surface area contributed by atoms with Crippen molar-refractivity contribution in [3.05, 3.63) is 75.1 Å². The number of fused-ring (bicyclic) bond motifs is 1. The molecule has 2 aliphatic rings. The van der Waals surface area contributed by atoms with Crippen LogP contribution < -0.4 is 10.1 Å². The van der Waals surface area contributed by atoms with Crippen LogP contribution in [0.25, 0.3) is 17.3 Å². The first kappa shape index (κ1) is 25.1. The van der Waals surface area contributed by atoms with Crippen molar-refractivity contribution in [2.45, 2.75) is 43.6 Å². The molecule has 1 saturated carbocycles. The number of nitrogens with zero attached hydrogens (tertiary/aromatic N) is 2. The Morgan fingerprint density at radius 1 is 1.17 bits per heavy atom. The van der Waals surface area contributed by atoms with E-state index in [0.717, 1.165) is 35.2 Å². The van der Waals surface area contributed by atoms with Gasteiger partial charge in [0.15, 0.2) is 0 Å². The van der Waals surface area contributed by atoms with Crippen molar-refractivity contribution < 1.29 is 19.0 Å². The number of hydrogen-bond acceptors (Lipinski definition) is 5. The van der Waals surface area contributed by atoms with Gasteiger partial charge in [-0.2, -0.15) is 11.8 Å². The summed E-state index contributed by atoms with van der Waals surface area (Å²) < 4.78 is 20.8. The van der Waals surface area contributed by atoms with Crippen LogP contribution in [0.2, 0.25) is 10.0 Å². The topological polar surface area (TPSA) is 76.4 Å². The van der Waals surface area contributed by atoms with Crippen LogP contribution in [0.1, 0.15) is 42.5 Å². The number of benzene rings is 2. The van der Waals surface area contributed by atoms with Crippen LogP contribution in [0.4, 0.5) is 9.18 Å². The molecule has 0 bridgehead atoms. The molecule has 0 spiro atoms. The molecule has 0 saturated heterocycles. The van der Waals surface area contributed by atoms with Crippen molar-refractivity contribution in [1.29, 1.82) is 0 Å². The predicted octanol–water partition coefficient (Wildman–Crippen LogP) is 6.50. The average molecular weight is 548 g/mol. The zero-order chi connectivity index (χ0) is 25.2. The normalized spacial score (nSPS) is 20.7. The SMILES string of the molecule is O=C(N[C@@H]1CCCC[C@H]1O)Oc1nn(-c2ccc(Cl)cc2Cl)c2c1CSC/C2=C\c1ccc(F)cc1. The molecule has 2 atom stereocenters. The Bertz CT molecular complexity index is 1310. The van der Waals surface area contributed by atoms with Crippen LogP contribution in [0.3, 0.4) is 0 Å². The van der Waals surface area contributed by atoms with Crippen molar-refractivity contribution in [3.63, 3.8) is 0 Å². The van der Waals surface area contributed by atoms with Gasteiger partial charge in [0.2, 0.25) is 5.88 Å². The van der Waals surface area contributed by atoms with E-state index in [1.807, 2.05) is 6.08 Å². The van der Waals surface area contributed by atoms with Gasteiger partial charge in [0.05, 0.1) is 34.1 Å². The summed E-state index contributed by atoms with van der Waals surface area (Å²) in [7, 11) is 0. The lowest BCUT2D eigenvalue weighted by molar-refractivity contribution is 0.0889. The highest BCUT2D eigenvalue weighted by molar-refractivity contribution is 7.99. The minimum absolute atomic E-state index is 0.177. The lowest BCUT2D eigenvalue weighted by Gasteiger charge is -2.27. The van der Waals surface area contributed by atoms with E-state index in [1.54, 1.807) is 46.8 Å². The fraction of sp³-hybridized carbons (Fsp3) is 0.308. The molecule has 5 rings (SSSR count). The maximum absolute atomic E-state index is 13.4. The Kier molecular flexibility index (Phi) is 7.57. The number of hydrogen-bond donors (Lipinski definition) is 2. The van der Waals surface area contributed by atoms with Crippen molar-refractivity contribution >= 4 is 52.7 Å². The number of aliphatic hydroxyl groups is 1. The fourth-order valence-corrected chi connectivity index (χ4v) is 6.04. The van der Waals surface area contributed by atoms with Crippen LogP contribution in [-0.4, -0.2) is 38.9 Å². The standard InChI is InChI=1S/C26H24Cl2FN3O3S/c27-17-7-10-22(20(28)12-17)32-24-16(11-15-5-8-18(29)9-6-15)13-36-14-19(24)25(31-32)35-26(34)30-21-3-1-2-4-23(21)33/h5-12,21,23,33H,1-4,13-14H2,(H,30,34)/b16-11+/t21-,23-/m1/s1. The first-order valence-corrected chi connectivity index (χ1v) is 13.6. The zero-order valence-electron chi connectivity index (χ0n) is 19.2. The minimum Gasteiger partial charge on any atom is -0.391 e. The van der Waals surface area contributed by atoms with Crippen LogP contribution in [0, 0.1) is 5.82 Å². The minimum atomic E-state index is -0.657. The van der Waals surface area contributed by atoms with Crippen molar-refractivity contribution in [1.82, 2.24) is 15.1 Å². The largest absolute Gasteiger partial charge is 0.414 e. The maximum atomic E-state index is 13.4. The van der Waals surface area contributed by atoms with Gasteiger partial charge < -0.3 is 15.2 Å². The summed E-state index contributed by atoms with van der Waals surface area (Å²) in [6.07, 6.45) is 3.95. The zero-order valence-corrected chi connectivity index (χ0v) is 21.5. The molecular formula is C26H24Cl2FN3O3S. The molecule has 2 N–H and O–H groups in total. The lowest BCUT2D eigenvalue weighted by Crippen LogP contribution is -2.46. The lowest BCUT2D eigenvalue weighted by atomic mass is 9.93. The van der Waals surface area contributed by atoms with Gasteiger partial charge in [0.25, 0.3) is 0 Å². The van der Waals surface area contributed by atoms with Gasteiger partial charge in [-0.25, -0.2) is 13.9 Å². The Hall–Kier alpha value is -2.52. The summed E-state index contributed by atoms with van der Waals surface area (Å²) >= 11 is 14.3.